The molecule has 0 radical (unpaired) electrons. The summed E-state index contributed by atoms with van der Waals surface area (Å²) in [5.74, 6) is 0.510. The summed E-state index contributed by atoms with van der Waals surface area (Å²) in [5.41, 5.74) is 1.63. The van der Waals surface area contributed by atoms with Crippen molar-refractivity contribution in [1.29, 1.82) is 0 Å². The molecule has 3 heterocycles. The first-order valence-corrected chi connectivity index (χ1v) is 9.66. The molecule has 1 amide bonds. The highest BCUT2D eigenvalue weighted by atomic mass is 79.9. The highest BCUT2D eigenvalue weighted by molar-refractivity contribution is 9.10. The van der Waals surface area contributed by atoms with E-state index in [0.29, 0.717) is 24.1 Å². The minimum atomic E-state index is 0.00332. The molecule has 7 heteroatoms. The Balaban J connectivity index is 1.47. The van der Waals surface area contributed by atoms with Gasteiger partial charge in [0.25, 0.3) is 5.91 Å². The van der Waals surface area contributed by atoms with Crippen LogP contribution in [0.1, 0.15) is 35.2 Å². The second-order valence-electron chi connectivity index (χ2n) is 7.36. The summed E-state index contributed by atoms with van der Waals surface area (Å²) in [5, 5.41) is 0. The van der Waals surface area contributed by atoms with Gasteiger partial charge < -0.3 is 9.64 Å². The van der Waals surface area contributed by atoms with Crippen molar-refractivity contribution in [2.24, 2.45) is 11.3 Å². The van der Waals surface area contributed by atoms with Gasteiger partial charge >= 0.3 is 6.01 Å². The van der Waals surface area contributed by atoms with Gasteiger partial charge in [0.15, 0.2) is 0 Å². The fourth-order valence-electron chi connectivity index (χ4n) is 4.18. The van der Waals surface area contributed by atoms with Crippen molar-refractivity contribution in [2.45, 2.75) is 26.2 Å². The van der Waals surface area contributed by atoms with Gasteiger partial charge in [-0.1, -0.05) is 6.42 Å². The van der Waals surface area contributed by atoms with E-state index in [1.807, 2.05) is 17.9 Å². The van der Waals surface area contributed by atoms with Gasteiger partial charge in [-0.05, 0) is 53.2 Å². The van der Waals surface area contributed by atoms with E-state index in [-0.39, 0.29) is 11.3 Å². The fourth-order valence-corrected chi connectivity index (χ4v) is 4.54. The van der Waals surface area contributed by atoms with Crippen molar-refractivity contribution in [1.82, 2.24) is 19.9 Å². The SMILES string of the molecule is Cc1cnc(OCC23CCCC2CN(C(=O)c2cncc(Br)c2)C3)nc1. The highest BCUT2D eigenvalue weighted by Gasteiger charge is 2.51. The van der Waals surface area contributed by atoms with Crippen LogP contribution in [0.25, 0.3) is 0 Å². The number of fused-ring (bicyclic) bond motifs is 1. The van der Waals surface area contributed by atoms with Crippen LogP contribution in [-0.2, 0) is 0 Å². The lowest BCUT2D eigenvalue weighted by molar-refractivity contribution is 0.0742. The monoisotopic (exact) mass is 416 g/mol. The largest absolute Gasteiger partial charge is 0.463 e. The molecule has 0 spiro atoms. The van der Waals surface area contributed by atoms with Crippen molar-refractivity contribution in [3.63, 3.8) is 0 Å². The third-order valence-electron chi connectivity index (χ3n) is 5.52. The zero-order valence-corrected chi connectivity index (χ0v) is 16.3. The van der Waals surface area contributed by atoms with Gasteiger partial charge in [0, 0.05) is 47.8 Å². The summed E-state index contributed by atoms with van der Waals surface area (Å²) < 4.78 is 6.74. The average molecular weight is 417 g/mol. The lowest BCUT2D eigenvalue weighted by Crippen LogP contribution is -2.35. The molecule has 0 N–H and O–H groups in total. The van der Waals surface area contributed by atoms with Gasteiger partial charge in [-0.25, -0.2) is 9.97 Å². The van der Waals surface area contributed by atoms with Crippen LogP contribution in [0.5, 0.6) is 6.01 Å². The summed E-state index contributed by atoms with van der Waals surface area (Å²) in [6.45, 7) is 4.01. The first-order chi connectivity index (χ1) is 12.6. The molecule has 2 unspecified atom stereocenters. The Labute approximate surface area is 161 Å². The minimum Gasteiger partial charge on any atom is -0.463 e. The van der Waals surface area contributed by atoms with E-state index in [0.717, 1.165) is 36.0 Å². The topological polar surface area (TPSA) is 68.2 Å². The van der Waals surface area contributed by atoms with Crippen LogP contribution in [0.2, 0.25) is 0 Å². The van der Waals surface area contributed by atoms with Crippen molar-refractivity contribution in [3.8, 4) is 6.01 Å². The minimum absolute atomic E-state index is 0.00332. The van der Waals surface area contributed by atoms with Gasteiger partial charge in [0.1, 0.15) is 0 Å². The van der Waals surface area contributed by atoms with Gasteiger partial charge in [-0.2, -0.15) is 0 Å². The average Bonchev–Trinajstić information content (AvgIpc) is 3.18. The second-order valence-corrected chi connectivity index (χ2v) is 8.28. The molecule has 4 rings (SSSR count). The lowest BCUT2D eigenvalue weighted by Gasteiger charge is -2.28. The molecule has 2 aromatic rings. The molecule has 2 aromatic heterocycles. The summed E-state index contributed by atoms with van der Waals surface area (Å²) in [6.07, 6.45) is 10.2. The van der Waals surface area contributed by atoms with Crippen molar-refractivity contribution < 1.29 is 9.53 Å². The molecule has 2 atom stereocenters. The summed E-state index contributed by atoms with van der Waals surface area (Å²) in [6, 6.07) is 2.24. The van der Waals surface area contributed by atoms with Gasteiger partial charge in [0.2, 0.25) is 0 Å². The third kappa shape index (κ3) is 3.32. The predicted octanol–water partition coefficient (Wildman–Crippen LogP) is 3.26. The zero-order chi connectivity index (χ0) is 18.1. The van der Waals surface area contributed by atoms with E-state index < -0.39 is 0 Å². The van der Waals surface area contributed by atoms with Crippen molar-refractivity contribution >= 4 is 21.8 Å². The number of amides is 1. The zero-order valence-electron chi connectivity index (χ0n) is 14.7. The Morgan fingerprint density at radius 2 is 2.15 bits per heavy atom. The standard InChI is InChI=1S/C19H21BrN4O2/c1-13-6-22-18(23-7-13)26-12-19-4-2-3-15(19)10-24(11-19)17(25)14-5-16(20)9-21-8-14/h5-9,15H,2-4,10-12H2,1H3. The van der Waals surface area contributed by atoms with Crippen LogP contribution in [0, 0.1) is 18.3 Å². The Hall–Kier alpha value is -2.02. The Morgan fingerprint density at radius 1 is 1.35 bits per heavy atom. The van der Waals surface area contributed by atoms with E-state index in [9.17, 15) is 4.79 Å². The molecule has 1 aliphatic carbocycles. The van der Waals surface area contributed by atoms with E-state index in [2.05, 4.69) is 30.9 Å². The van der Waals surface area contributed by atoms with E-state index in [1.54, 1.807) is 24.8 Å². The quantitative estimate of drug-likeness (QED) is 0.764. The molecule has 0 bridgehead atoms. The molecular formula is C19H21BrN4O2. The van der Waals surface area contributed by atoms with Crippen molar-refractivity contribution in [3.05, 3.63) is 46.5 Å². The predicted molar refractivity (Wildman–Crippen MR) is 99.9 cm³/mol. The maximum absolute atomic E-state index is 12.9. The summed E-state index contributed by atoms with van der Waals surface area (Å²) >= 11 is 3.39. The number of rotatable bonds is 4. The number of hydrogen-bond donors (Lipinski definition) is 0. The van der Waals surface area contributed by atoms with Crippen LogP contribution < -0.4 is 4.74 Å². The molecule has 1 saturated carbocycles. The number of nitrogens with zero attached hydrogens (tertiary/aromatic N) is 4. The summed E-state index contributed by atoms with van der Waals surface area (Å²) in [4.78, 5) is 27.4. The van der Waals surface area contributed by atoms with Gasteiger partial charge in [-0.15, -0.1) is 0 Å². The second kappa shape index (κ2) is 6.95. The molecule has 1 saturated heterocycles. The molecule has 6 nitrogen and oxygen atoms in total. The third-order valence-corrected chi connectivity index (χ3v) is 5.96. The number of carbonyl (C=O) groups is 1. The Bertz CT molecular complexity index is 813. The molecular weight excluding hydrogens is 396 g/mol. The fraction of sp³-hybridized carbons (Fsp3) is 0.474. The summed E-state index contributed by atoms with van der Waals surface area (Å²) in [7, 11) is 0. The van der Waals surface area contributed by atoms with Gasteiger partial charge in [0.05, 0.1) is 12.2 Å². The smallest absolute Gasteiger partial charge is 0.316 e. The number of pyridine rings is 1. The normalized spacial score (nSPS) is 24.5. The van der Waals surface area contributed by atoms with E-state index in [1.165, 1.54) is 6.42 Å². The first-order valence-electron chi connectivity index (χ1n) is 8.87. The number of carbonyl (C=O) groups excluding carboxylic acids is 1. The van der Waals surface area contributed by atoms with Crippen LogP contribution in [0.3, 0.4) is 0 Å². The highest BCUT2D eigenvalue weighted by Crippen LogP contribution is 2.49. The molecule has 1 aliphatic heterocycles. The number of aryl methyl sites for hydroxylation is 1. The maximum Gasteiger partial charge on any atom is 0.316 e. The van der Waals surface area contributed by atoms with E-state index in [4.69, 9.17) is 4.74 Å². The molecule has 0 aromatic carbocycles. The molecule has 2 fully saturated rings. The van der Waals surface area contributed by atoms with Crippen LogP contribution in [-0.4, -0.2) is 45.5 Å². The number of ether oxygens (including phenoxy) is 1. The number of halogens is 1. The molecule has 136 valence electrons. The number of hydrogen-bond acceptors (Lipinski definition) is 5. The maximum atomic E-state index is 12.9. The number of likely N-dealkylation sites (tertiary alicyclic amines) is 1. The van der Waals surface area contributed by atoms with Crippen LogP contribution in [0.15, 0.2) is 35.3 Å². The lowest BCUT2D eigenvalue weighted by atomic mass is 9.82. The molecule has 26 heavy (non-hydrogen) atoms. The van der Waals surface area contributed by atoms with Crippen LogP contribution >= 0.6 is 15.9 Å². The van der Waals surface area contributed by atoms with Crippen molar-refractivity contribution in [2.75, 3.05) is 19.7 Å². The van der Waals surface area contributed by atoms with E-state index >= 15 is 0 Å². The Kier molecular flexibility index (Phi) is 4.65. The first kappa shape index (κ1) is 17.4. The Morgan fingerprint density at radius 3 is 2.92 bits per heavy atom. The van der Waals surface area contributed by atoms with Gasteiger partial charge in [-0.3, -0.25) is 9.78 Å². The number of aromatic nitrogens is 3. The molecule has 2 aliphatic rings. The van der Waals surface area contributed by atoms with Crippen LogP contribution in [0.4, 0.5) is 0 Å².